The van der Waals surface area contributed by atoms with Crippen molar-refractivity contribution in [2.45, 2.75) is 13.3 Å². The van der Waals surface area contributed by atoms with Gasteiger partial charge < -0.3 is 11.5 Å². The maximum atomic E-state index is 10.8. The second-order valence-electron chi connectivity index (χ2n) is 2.49. The number of hydrogen-bond acceptors (Lipinski definition) is 3. The molecule has 0 fully saturated rings. The third-order valence-corrected chi connectivity index (χ3v) is 1.54. The van der Waals surface area contributed by atoms with Crippen molar-refractivity contribution >= 4 is 11.7 Å². The van der Waals surface area contributed by atoms with Crippen molar-refractivity contribution in [2.75, 3.05) is 5.73 Å². The van der Waals surface area contributed by atoms with Gasteiger partial charge in [0.1, 0.15) is 5.82 Å². The summed E-state index contributed by atoms with van der Waals surface area (Å²) < 4.78 is 0. The van der Waals surface area contributed by atoms with Crippen molar-refractivity contribution in [1.82, 2.24) is 4.98 Å². The predicted octanol–water partition coefficient (Wildman–Crippen LogP) is 0.325. The van der Waals surface area contributed by atoms with E-state index in [-0.39, 0.29) is 0 Å². The van der Waals surface area contributed by atoms with Gasteiger partial charge in [-0.15, -0.1) is 0 Å². The highest BCUT2D eigenvalue weighted by Gasteiger charge is 2.03. The lowest BCUT2D eigenvalue weighted by atomic mass is 10.2. The van der Waals surface area contributed by atoms with Crippen LogP contribution in [0, 0.1) is 0 Å². The minimum absolute atomic E-state index is 0.336. The van der Waals surface area contributed by atoms with Gasteiger partial charge in [-0.05, 0) is 18.6 Å². The highest BCUT2D eigenvalue weighted by molar-refractivity contribution is 5.93. The van der Waals surface area contributed by atoms with Crippen LogP contribution in [-0.2, 0) is 6.42 Å². The SMILES string of the molecule is CCc1cc(C(N)=O)cc(N)n1. The molecule has 1 amide bonds. The molecule has 0 spiro atoms. The Bertz CT molecular complexity index is 309. The summed E-state index contributed by atoms with van der Waals surface area (Å²) in [7, 11) is 0. The van der Waals surface area contributed by atoms with Crippen molar-refractivity contribution in [3.8, 4) is 0 Å². The molecule has 0 bridgehead atoms. The molecule has 0 saturated carbocycles. The second kappa shape index (κ2) is 3.21. The van der Waals surface area contributed by atoms with Gasteiger partial charge in [0.2, 0.25) is 5.91 Å². The van der Waals surface area contributed by atoms with E-state index < -0.39 is 5.91 Å². The highest BCUT2D eigenvalue weighted by Crippen LogP contribution is 2.07. The number of aromatic nitrogens is 1. The largest absolute Gasteiger partial charge is 0.384 e. The Kier molecular flexibility index (Phi) is 2.28. The molecule has 1 aromatic rings. The van der Waals surface area contributed by atoms with E-state index in [0.717, 1.165) is 12.1 Å². The van der Waals surface area contributed by atoms with E-state index in [1.54, 1.807) is 6.07 Å². The molecule has 64 valence electrons. The monoisotopic (exact) mass is 165 g/mol. The minimum Gasteiger partial charge on any atom is -0.384 e. The van der Waals surface area contributed by atoms with Crippen LogP contribution in [0.4, 0.5) is 5.82 Å². The number of carbonyl (C=O) groups is 1. The Labute approximate surface area is 70.6 Å². The summed E-state index contributed by atoms with van der Waals surface area (Å²) in [6, 6.07) is 3.13. The Balaban J connectivity index is 3.15. The molecule has 1 rings (SSSR count). The number of anilines is 1. The first-order valence-corrected chi connectivity index (χ1v) is 3.69. The molecule has 0 unspecified atom stereocenters. The summed E-state index contributed by atoms with van der Waals surface area (Å²) in [5.74, 6) is -0.137. The van der Waals surface area contributed by atoms with Gasteiger partial charge >= 0.3 is 0 Å². The summed E-state index contributed by atoms with van der Waals surface area (Å²) >= 11 is 0. The van der Waals surface area contributed by atoms with Crippen LogP contribution in [0.3, 0.4) is 0 Å². The normalized spacial score (nSPS) is 9.75. The van der Waals surface area contributed by atoms with E-state index in [1.165, 1.54) is 6.07 Å². The van der Waals surface area contributed by atoms with E-state index in [1.807, 2.05) is 6.92 Å². The van der Waals surface area contributed by atoms with Gasteiger partial charge in [-0.1, -0.05) is 6.92 Å². The number of nitrogens with zero attached hydrogens (tertiary/aromatic N) is 1. The zero-order valence-electron chi connectivity index (χ0n) is 6.87. The van der Waals surface area contributed by atoms with Gasteiger partial charge in [0, 0.05) is 11.3 Å². The predicted molar refractivity (Wildman–Crippen MR) is 46.5 cm³/mol. The molecule has 0 aliphatic heterocycles. The summed E-state index contributed by atoms with van der Waals surface area (Å²) in [6.07, 6.45) is 0.741. The second-order valence-corrected chi connectivity index (χ2v) is 2.49. The molecule has 4 heteroatoms. The fourth-order valence-electron chi connectivity index (χ4n) is 0.934. The summed E-state index contributed by atoms with van der Waals surface area (Å²) in [6.45, 7) is 1.94. The van der Waals surface area contributed by atoms with Crippen molar-refractivity contribution < 1.29 is 4.79 Å². The Morgan fingerprint density at radius 1 is 1.58 bits per heavy atom. The summed E-state index contributed by atoms with van der Waals surface area (Å²) in [5.41, 5.74) is 11.7. The molecule has 1 aromatic heterocycles. The fraction of sp³-hybridized carbons (Fsp3) is 0.250. The van der Waals surface area contributed by atoms with Crippen molar-refractivity contribution in [1.29, 1.82) is 0 Å². The van der Waals surface area contributed by atoms with Crippen LogP contribution < -0.4 is 11.5 Å². The number of aryl methyl sites for hydroxylation is 1. The third kappa shape index (κ3) is 1.72. The number of amides is 1. The first-order valence-electron chi connectivity index (χ1n) is 3.69. The molecule has 0 saturated heterocycles. The van der Waals surface area contributed by atoms with Crippen molar-refractivity contribution in [3.05, 3.63) is 23.4 Å². The zero-order valence-corrected chi connectivity index (χ0v) is 6.87. The number of nitrogens with two attached hydrogens (primary N) is 2. The van der Waals surface area contributed by atoms with E-state index in [9.17, 15) is 4.79 Å². The van der Waals surface area contributed by atoms with Gasteiger partial charge in [0.05, 0.1) is 0 Å². The van der Waals surface area contributed by atoms with E-state index in [2.05, 4.69) is 4.98 Å². The lowest BCUT2D eigenvalue weighted by Gasteiger charge is -2.00. The topological polar surface area (TPSA) is 82.0 Å². The minimum atomic E-state index is -0.473. The van der Waals surface area contributed by atoms with Crippen LogP contribution in [0.15, 0.2) is 12.1 Å². The van der Waals surface area contributed by atoms with Crippen LogP contribution >= 0.6 is 0 Å². The average molecular weight is 165 g/mol. The van der Waals surface area contributed by atoms with Gasteiger partial charge in [-0.3, -0.25) is 4.79 Å². The van der Waals surface area contributed by atoms with Gasteiger partial charge in [-0.2, -0.15) is 0 Å². The number of rotatable bonds is 2. The molecule has 0 radical (unpaired) electrons. The van der Waals surface area contributed by atoms with E-state index in [0.29, 0.717) is 11.4 Å². The zero-order chi connectivity index (χ0) is 9.14. The molecule has 0 aliphatic carbocycles. The van der Waals surface area contributed by atoms with Gasteiger partial charge in [0.25, 0.3) is 0 Å². The quantitative estimate of drug-likeness (QED) is 0.662. The molecule has 0 atom stereocenters. The average Bonchev–Trinajstić information content (AvgIpc) is 2.03. The number of hydrogen-bond donors (Lipinski definition) is 2. The summed E-state index contributed by atoms with van der Waals surface area (Å²) in [5, 5.41) is 0. The number of nitrogen functional groups attached to an aromatic ring is 1. The molecule has 0 aromatic carbocycles. The first kappa shape index (κ1) is 8.52. The van der Waals surface area contributed by atoms with Crippen LogP contribution in [-0.4, -0.2) is 10.9 Å². The maximum Gasteiger partial charge on any atom is 0.248 e. The molecular formula is C8H11N3O. The Morgan fingerprint density at radius 2 is 2.25 bits per heavy atom. The Morgan fingerprint density at radius 3 is 2.75 bits per heavy atom. The molecule has 0 aliphatic rings. The maximum absolute atomic E-state index is 10.8. The smallest absolute Gasteiger partial charge is 0.248 e. The van der Waals surface area contributed by atoms with E-state index in [4.69, 9.17) is 11.5 Å². The lowest BCUT2D eigenvalue weighted by Crippen LogP contribution is -2.12. The fourth-order valence-corrected chi connectivity index (χ4v) is 0.934. The standard InChI is InChI=1S/C8H11N3O/c1-2-6-3-5(8(10)12)4-7(9)11-6/h3-4H,2H2,1H3,(H2,9,11)(H2,10,12). The molecule has 4 nitrogen and oxygen atoms in total. The van der Waals surface area contributed by atoms with Crippen LogP contribution in [0.25, 0.3) is 0 Å². The van der Waals surface area contributed by atoms with Crippen LogP contribution in [0.1, 0.15) is 23.0 Å². The first-order chi connectivity index (χ1) is 5.63. The molecular weight excluding hydrogens is 154 g/mol. The number of primary amides is 1. The van der Waals surface area contributed by atoms with Crippen molar-refractivity contribution in [2.24, 2.45) is 5.73 Å². The van der Waals surface area contributed by atoms with Gasteiger partial charge in [-0.25, -0.2) is 4.98 Å². The molecule has 12 heavy (non-hydrogen) atoms. The number of pyridine rings is 1. The van der Waals surface area contributed by atoms with Crippen LogP contribution in [0.5, 0.6) is 0 Å². The lowest BCUT2D eigenvalue weighted by molar-refractivity contribution is 0.1000. The number of carbonyl (C=O) groups excluding carboxylic acids is 1. The third-order valence-electron chi connectivity index (χ3n) is 1.54. The highest BCUT2D eigenvalue weighted by atomic mass is 16.1. The van der Waals surface area contributed by atoms with Crippen molar-refractivity contribution in [3.63, 3.8) is 0 Å². The summed E-state index contributed by atoms with van der Waals surface area (Å²) in [4.78, 5) is 14.8. The van der Waals surface area contributed by atoms with E-state index >= 15 is 0 Å². The van der Waals surface area contributed by atoms with Gasteiger partial charge in [0.15, 0.2) is 0 Å². The van der Waals surface area contributed by atoms with Crippen LogP contribution in [0.2, 0.25) is 0 Å². The molecule has 4 N–H and O–H groups in total. The molecule has 1 heterocycles. The Hall–Kier alpha value is -1.58.